The van der Waals surface area contributed by atoms with Crippen LogP contribution in [-0.2, 0) is 12.8 Å². The summed E-state index contributed by atoms with van der Waals surface area (Å²) in [5, 5.41) is 7.52. The van der Waals surface area contributed by atoms with E-state index < -0.39 is 0 Å². The molecule has 1 aromatic rings. The van der Waals surface area contributed by atoms with Crippen LogP contribution in [0.1, 0.15) is 11.1 Å². The standard InChI is InChI=1S/C10H11NO/c1-12-10-3-2-7-4-9(11)5-8(7)6-10/h2-3,6,11H,4-5H2,1H3. The molecule has 0 spiro atoms. The molecule has 62 valence electrons. The second-order valence-electron chi connectivity index (χ2n) is 3.09. The predicted octanol–water partition coefficient (Wildman–Crippen LogP) is 1.81. The Morgan fingerprint density at radius 2 is 2.00 bits per heavy atom. The van der Waals surface area contributed by atoms with E-state index in [4.69, 9.17) is 10.1 Å². The first-order chi connectivity index (χ1) is 5.79. The van der Waals surface area contributed by atoms with E-state index in [9.17, 15) is 0 Å². The minimum Gasteiger partial charge on any atom is -0.497 e. The van der Waals surface area contributed by atoms with Gasteiger partial charge in [0.15, 0.2) is 0 Å². The average Bonchev–Trinajstić information content (AvgIpc) is 2.43. The van der Waals surface area contributed by atoms with Crippen LogP contribution < -0.4 is 4.74 Å². The highest BCUT2D eigenvalue weighted by Gasteiger charge is 2.15. The number of fused-ring (bicyclic) bond motifs is 1. The van der Waals surface area contributed by atoms with Gasteiger partial charge in [0.05, 0.1) is 7.11 Å². The van der Waals surface area contributed by atoms with Crippen LogP contribution in [0.15, 0.2) is 18.2 Å². The number of hydrogen-bond donors (Lipinski definition) is 1. The largest absolute Gasteiger partial charge is 0.497 e. The van der Waals surface area contributed by atoms with E-state index in [1.54, 1.807) is 7.11 Å². The molecule has 0 aliphatic heterocycles. The topological polar surface area (TPSA) is 33.1 Å². The summed E-state index contributed by atoms with van der Waals surface area (Å²) in [7, 11) is 1.67. The minimum atomic E-state index is 0.798. The van der Waals surface area contributed by atoms with Crippen molar-refractivity contribution in [3.05, 3.63) is 29.3 Å². The van der Waals surface area contributed by atoms with E-state index in [1.165, 1.54) is 11.1 Å². The van der Waals surface area contributed by atoms with E-state index >= 15 is 0 Å². The highest BCUT2D eigenvalue weighted by atomic mass is 16.5. The van der Waals surface area contributed by atoms with Gasteiger partial charge in [0.2, 0.25) is 0 Å². The molecule has 0 radical (unpaired) electrons. The molecule has 0 aromatic heterocycles. The third-order valence-corrected chi connectivity index (χ3v) is 2.22. The van der Waals surface area contributed by atoms with Crippen molar-refractivity contribution in [1.82, 2.24) is 0 Å². The van der Waals surface area contributed by atoms with Gasteiger partial charge in [-0.05, 0) is 23.3 Å². The number of methoxy groups -OCH3 is 1. The first-order valence-corrected chi connectivity index (χ1v) is 4.01. The van der Waals surface area contributed by atoms with Gasteiger partial charge in [0.25, 0.3) is 0 Å². The maximum absolute atomic E-state index is 7.52. The van der Waals surface area contributed by atoms with Gasteiger partial charge in [-0.1, -0.05) is 6.07 Å². The van der Waals surface area contributed by atoms with Crippen LogP contribution in [0.2, 0.25) is 0 Å². The minimum absolute atomic E-state index is 0.798. The lowest BCUT2D eigenvalue weighted by molar-refractivity contribution is 0.414. The van der Waals surface area contributed by atoms with E-state index in [2.05, 4.69) is 6.07 Å². The molecule has 1 aliphatic rings. The summed E-state index contributed by atoms with van der Waals surface area (Å²) in [6, 6.07) is 6.03. The number of hydrogen-bond acceptors (Lipinski definition) is 2. The Balaban J connectivity index is 2.41. The molecule has 0 fully saturated rings. The Bertz CT molecular complexity index is 331. The Kier molecular flexibility index (Phi) is 1.61. The molecule has 0 unspecified atom stereocenters. The molecule has 2 heteroatoms. The van der Waals surface area contributed by atoms with Crippen molar-refractivity contribution < 1.29 is 4.74 Å². The Labute approximate surface area is 71.7 Å². The van der Waals surface area contributed by atoms with Gasteiger partial charge in [-0.2, -0.15) is 0 Å². The normalized spacial score (nSPS) is 14.6. The van der Waals surface area contributed by atoms with Crippen LogP contribution >= 0.6 is 0 Å². The van der Waals surface area contributed by atoms with Crippen molar-refractivity contribution >= 4 is 5.71 Å². The molecule has 2 rings (SSSR count). The molecule has 1 aromatic carbocycles. The fraction of sp³-hybridized carbons (Fsp3) is 0.300. The highest BCUT2D eigenvalue weighted by molar-refractivity contribution is 5.90. The van der Waals surface area contributed by atoms with Gasteiger partial charge in [-0.3, -0.25) is 0 Å². The third-order valence-electron chi connectivity index (χ3n) is 2.22. The summed E-state index contributed by atoms with van der Waals surface area (Å²) in [6.07, 6.45) is 1.62. The maximum atomic E-state index is 7.52. The van der Waals surface area contributed by atoms with Crippen LogP contribution in [0.5, 0.6) is 5.75 Å². The number of ether oxygens (including phenoxy) is 1. The van der Waals surface area contributed by atoms with Crippen molar-refractivity contribution in [2.24, 2.45) is 0 Å². The van der Waals surface area contributed by atoms with Crippen LogP contribution in [0, 0.1) is 5.41 Å². The molecule has 0 atom stereocenters. The SMILES string of the molecule is COc1ccc2c(c1)CC(=N)C2. The van der Waals surface area contributed by atoms with E-state index in [1.807, 2.05) is 12.1 Å². The second-order valence-corrected chi connectivity index (χ2v) is 3.09. The van der Waals surface area contributed by atoms with Crippen LogP contribution in [-0.4, -0.2) is 12.8 Å². The number of benzene rings is 1. The molecule has 0 bridgehead atoms. The molecule has 1 N–H and O–H groups in total. The van der Waals surface area contributed by atoms with Crippen molar-refractivity contribution in [3.8, 4) is 5.75 Å². The van der Waals surface area contributed by atoms with Crippen molar-refractivity contribution in [1.29, 1.82) is 5.41 Å². The predicted molar refractivity (Wildman–Crippen MR) is 48.1 cm³/mol. The molecule has 0 saturated carbocycles. The summed E-state index contributed by atoms with van der Waals surface area (Å²) >= 11 is 0. The molecule has 0 saturated heterocycles. The number of rotatable bonds is 1. The Morgan fingerprint density at radius 3 is 2.75 bits per heavy atom. The highest BCUT2D eigenvalue weighted by Crippen LogP contribution is 2.24. The summed E-state index contributed by atoms with van der Waals surface area (Å²) in [5.41, 5.74) is 3.33. The lowest BCUT2D eigenvalue weighted by atomic mass is 10.1. The molecule has 12 heavy (non-hydrogen) atoms. The van der Waals surface area contributed by atoms with Crippen molar-refractivity contribution in [2.75, 3.05) is 7.11 Å². The van der Waals surface area contributed by atoms with Gasteiger partial charge in [-0.15, -0.1) is 0 Å². The first-order valence-electron chi connectivity index (χ1n) is 4.01. The van der Waals surface area contributed by atoms with E-state index in [0.29, 0.717) is 0 Å². The molecule has 0 heterocycles. The molecular weight excluding hydrogens is 150 g/mol. The Hall–Kier alpha value is -1.31. The second kappa shape index (κ2) is 2.63. The molecule has 1 aliphatic carbocycles. The molecular formula is C10H11NO. The monoisotopic (exact) mass is 161 g/mol. The summed E-state index contributed by atoms with van der Waals surface area (Å²) in [5.74, 6) is 0.892. The van der Waals surface area contributed by atoms with Crippen molar-refractivity contribution in [2.45, 2.75) is 12.8 Å². The van der Waals surface area contributed by atoms with Gasteiger partial charge in [0.1, 0.15) is 5.75 Å². The first kappa shape index (κ1) is 7.35. The summed E-state index contributed by atoms with van der Waals surface area (Å²) < 4.78 is 5.10. The quantitative estimate of drug-likeness (QED) is 0.669. The number of nitrogens with one attached hydrogen (secondary N) is 1. The molecule has 0 amide bonds. The fourth-order valence-electron chi connectivity index (χ4n) is 1.59. The van der Waals surface area contributed by atoms with E-state index in [0.717, 1.165) is 24.3 Å². The van der Waals surface area contributed by atoms with Crippen LogP contribution in [0.25, 0.3) is 0 Å². The maximum Gasteiger partial charge on any atom is 0.119 e. The van der Waals surface area contributed by atoms with Crippen LogP contribution in [0.3, 0.4) is 0 Å². The zero-order valence-electron chi connectivity index (χ0n) is 7.05. The fourth-order valence-corrected chi connectivity index (χ4v) is 1.59. The van der Waals surface area contributed by atoms with Crippen LogP contribution in [0.4, 0.5) is 0 Å². The van der Waals surface area contributed by atoms with Gasteiger partial charge in [-0.25, -0.2) is 0 Å². The van der Waals surface area contributed by atoms with Gasteiger partial charge < -0.3 is 10.1 Å². The third kappa shape index (κ3) is 1.09. The smallest absolute Gasteiger partial charge is 0.119 e. The summed E-state index contributed by atoms with van der Waals surface area (Å²) in [6.45, 7) is 0. The lowest BCUT2D eigenvalue weighted by Crippen LogP contribution is -1.91. The molecule has 2 nitrogen and oxygen atoms in total. The average molecular weight is 161 g/mol. The zero-order valence-corrected chi connectivity index (χ0v) is 7.05. The Morgan fingerprint density at radius 1 is 1.25 bits per heavy atom. The van der Waals surface area contributed by atoms with E-state index in [-0.39, 0.29) is 0 Å². The lowest BCUT2D eigenvalue weighted by Gasteiger charge is -2.01. The van der Waals surface area contributed by atoms with Gasteiger partial charge >= 0.3 is 0 Å². The zero-order chi connectivity index (χ0) is 8.55. The van der Waals surface area contributed by atoms with Crippen molar-refractivity contribution in [3.63, 3.8) is 0 Å². The summed E-state index contributed by atoms with van der Waals surface area (Å²) in [4.78, 5) is 0. The van der Waals surface area contributed by atoms with Gasteiger partial charge in [0, 0.05) is 18.6 Å².